The molecule has 2 aliphatic rings. The molecule has 188 valence electrons. The fourth-order valence-corrected chi connectivity index (χ4v) is 5.05. The second-order valence-electron chi connectivity index (χ2n) is 9.29. The van der Waals surface area contributed by atoms with Crippen LogP contribution in [0.3, 0.4) is 0 Å². The van der Waals surface area contributed by atoms with Crippen molar-refractivity contribution in [2.75, 3.05) is 49.9 Å². The van der Waals surface area contributed by atoms with Gasteiger partial charge in [0, 0.05) is 38.6 Å². The summed E-state index contributed by atoms with van der Waals surface area (Å²) in [5, 5.41) is 0. The number of aromatic nitrogens is 2. The SMILES string of the molecule is CCN(C(=O)CN1CCN(C(=O)C2CCCC2)CC1)c1c(N)n(Cc2ccccc2)c(=O)[nH]c1=O. The summed E-state index contributed by atoms with van der Waals surface area (Å²) < 4.78 is 1.27. The Hall–Kier alpha value is -3.40. The van der Waals surface area contributed by atoms with Crippen molar-refractivity contribution in [3.63, 3.8) is 0 Å². The number of nitrogens with one attached hydrogen (secondary N) is 1. The molecule has 1 aliphatic carbocycles. The molecule has 2 aromatic rings. The van der Waals surface area contributed by atoms with E-state index in [1.165, 1.54) is 9.47 Å². The minimum absolute atomic E-state index is 0.0110. The third-order valence-electron chi connectivity index (χ3n) is 7.03. The molecule has 1 aromatic heterocycles. The van der Waals surface area contributed by atoms with Gasteiger partial charge in [0.1, 0.15) is 5.82 Å². The predicted octanol–water partition coefficient (Wildman–Crippen LogP) is 0.854. The molecule has 35 heavy (non-hydrogen) atoms. The Bertz CT molecular complexity index is 1160. The first-order valence-electron chi connectivity index (χ1n) is 12.4. The molecule has 1 aliphatic heterocycles. The third kappa shape index (κ3) is 5.48. The highest BCUT2D eigenvalue weighted by Gasteiger charge is 2.31. The molecule has 2 heterocycles. The van der Waals surface area contributed by atoms with Crippen LogP contribution in [-0.4, -0.2) is 70.4 Å². The van der Waals surface area contributed by atoms with Crippen molar-refractivity contribution in [1.82, 2.24) is 19.4 Å². The largest absolute Gasteiger partial charge is 0.383 e. The number of anilines is 2. The van der Waals surface area contributed by atoms with E-state index in [0.717, 1.165) is 31.2 Å². The van der Waals surface area contributed by atoms with Gasteiger partial charge in [-0.25, -0.2) is 4.79 Å². The van der Waals surface area contributed by atoms with Crippen LogP contribution < -0.4 is 21.9 Å². The summed E-state index contributed by atoms with van der Waals surface area (Å²) in [6, 6.07) is 9.29. The molecule has 0 unspecified atom stereocenters. The predicted molar refractivity (Wildman–Crippen MR) is 134 cm³/mol. The molecule has 1 aromatic carbocycles. The normalized spacial score (nSPS) is 17.0. The van der Waals surface area contributed by atoms with Crippen LogP contribution in [0.15, 0.2) is 39.9 Å². The van der Waals surface area contributed by atoms with Gasteiger partial charge in [0.2, 0.25) is 11.8 Å². The fraction of sp³-hybridized carbons (Fsp3) is 0.520. The van der Waals surface area contributed by atoms with Crippen LogP contribution in [0.25, 0.3) is 0 Å². The van der Waals surface area contributed by atoms with E-state index in [0.29, 0.717) is 26.2 Å². The smallest absolute Gasteiger partial charge is 0.330 e. The van der Waals surface area contributed by atoms with Gasteiger partial charge in [-0.05, 0) is 25.3 Å². The van der Waals surface area contributed by atoms with Gasteiger partial charge in [0.05, 0.1) is 13.1 Å². The molecule has 1 saturated carbocycles. The van der Waals surface area contributed by atoms with Crippen molar-refractivity contribution in [3.05, 3.63) is 56.7 Å². The molecular weight excluding hydrogens is 448 g/mol. The Morgan fingerprint density at radius 1 is 1.06 bits per heavy atom. The maximum Gasteiger partial charge on any atom is 0.330 e. The number of H-pyrrole nitrogens is 1. The van der Waals surface area contributed by atoms with Gasteiger partial charge in [-0.2, -0.15) is 0 Å². The number of hydrogen-bond donors (Lipinski definition) is 2. The molecular formula is C25H34N6O4. The summed E-state index contributed by atoms with van der Waals surface area (Å²) in [7, 11) is 0. The highest BCUT2D eigenvalue weighted by Crippen LogP contribution is 2.27. The van der Waals surface area contributed by atoms with E-state index in [1.54, 1.807) is 6.92 Å². The number of nitrogens with two attached hydrogens (primary N) is 1. The molecule has 0 radical (unpaired) electrons. The summed E-state index contributed by atoms with van der Waals surface area (Å²) in [5.74, 6) is 0.0821. The lowest BCUT2D eigenvalue weighted by Gasteiger charge is -2.36. The Balaban J connectivity index is 1.45. The van der Waals surface area contributed by atoms with Gasteiger partial charge in [0.25, 0.3) is 5.56 Å². The molecule has 3 N–H and O–H groups in total. The minimum Gasteiger partial charge on any atom is -0.383 e. The van der Waals surface area contributed by atoms with Crippen LogP contribution in [0.5, 0.6) is 0 Å². The molecule has 0 spiro atoms. The van der Waals surface area contributed by atoms with Crippen LogP contribution in [0, 0.1) is 5.92 Å². The average Bonchev–Trinajstić information content (AvgIpc) is 3.40. The third-order valence-corrected chi connectivity index (χ3v) is 7.03. The first-order chi connectivity index (χ1) is 16.9. The van der Waals surface area contributed by atoms with Gasteiger partial charge >= 0.3 is 5.69 Å². The first-order valence-corrected chi connectivity index (χ1v) is 12.4. The monoisotopic (exact) mass is 482 g/mol. The van der Waals surface area contributed by atoms with E-state index in [1.807, 2.05) is 40.1 Å². The van der Waals surface area contributed by atoms with E-state index >= 15 is 0 Å². The maximum absolute atomic E-state index is 13.2. The van der Waals surface area contributed by atoms with E-state index in [9.17, 15) is 19.2 Å². The lowest BCUT2D eigenvalue weighted by Crippen LogP contribution is -2.53. The number of carbonyl (C=O) groups is 2. The molecule has 10 nitrogen and oxygen atoms in total. The number of aromatic amines is 1. The molecule has 4 rings (SSSR count). The number of piperazine rings is 1. The second-order valence-corrected chi connectivity index (χ2v) is 9.29. The zero-order valence-corrected chi connectivity index (χ0v) is 20.2. The lowest BCUT2D eigenvalue weighted by molar-refractivity contribution is -0.137. The number of nitrogens with zero attached hydrogens (tertiary/aromatic N) is 4. The fourth-order valence-electron chi connectivity index (χ4n) is 5.05. The highest BCUT2D eigenvalue weighted by atomic mass is 16.2. The van der Waals surface area contributed by atoms with Crippen molar-refractivity contribution in [2.45, 2.75) is 39.2 Å². The van der Waals surface area contributed by atoms with E-state index in [2.05, 4.69) is 4.98 Å². The van der Waals surface area contributed by atoms with Crippen LogP contribution in [0.2, 0.25) is 0 Å². The van der Waals surface area contributed by atoms with Crippen molar-refractivity contribution in [1.29, 1.82) is 0 Å². The average molecular weight is 483 g/mol. The van der Waals surface area contributed by atoms with E-state index in [-0.39, 0.29) is 48.9 Å². The second kappa shape index (κ2) is 10.9. The number of likely N-dealkylation sites (N-methyl/N-ethyl adjacent to an activating group) is 1. The van der Waals surface area contributed by atoms with Crippen LogP contribution in [0.4, 0.5) is 11.5 Å². The summed E-state index contributed by atoms with van der Waals surface area (Å²) in [5.41, 5.74) is 5.82. The number of amides is 2. The van der Waals surface area contributed by atoms with E-state index in [4.69, 9.17) is 5.73 Å². The molecule has 10 heteroatoms. The lowest BCUT2D eigenvalue weighted by atomic mass is 10.1. The number of carbonyl (C=O) groups excluding carboxylic acids is 2. The Labute approximate surface area is 204 Å². The van der Waals surface area contributed by atoms with Crippen molar-refractivity contribution < 1.29 is 9.59 Å². The molecule has 0 atom stereocenters. The van der Waals surface area contributed by atoms with Crippen LogP contribution >= 0.6 is 0 Å². The van der Waals surface area contributed by atoms with E-state index < -0.39 is 11.2 Å². The Morgan fingerprint density at radius 2 is 1.71 bits per heavy atom. The summed E-state index contributed by atoms with van der Waals surface area (Å²) in [6.45, 7) is 4.67. The van der Waals surface area contributed by atoms with Gasteiger partial charge < -0.3 is 15.5 Å². The number of benzene rings is 1. The number of hydrogen-bond acceptors (Lipinski definition) is 6. The highest BCUT2D eigenvalue weighted by molar-refractivity contribution is 5.96. The topological polar surface area (TPSA) is 125 Å². The van der Waals surface area contributed by atoms with Gasteiger partial charge in [-0.15, -0.1) is 0 Å². The first kappa shape index (κ1) is 24.7. The molecule has 1 saturated heterocycles. The van der Waals surface area contributed by atoms with Crippen LogP contribution in [-0.2, 0) is 16.1 Å². The quantitative estimate of drug-likeness (QED) is 0.603. The summed E-state index contributed by atoms with van der Waals surface area (Å²) >= 11 is 0. The van der Waals surface area contributed by atoms with Gasteiger partial charge in [-0.1, -0.05) is 43.2 Å². The maximum atomic E-state index is 13.2. The molecule has 2 amide bonds. The summed E-state index contributed by atoms with van der Waals surface area (Å²) in [4.78, 5) is 58.7. The Morgan fingerprint density at radius 3 is 2.34 bits per heavy atom. The number of nitrogen functional groups attached to an aromatic ring is 1. The van der Waals surface area contributed by atoms with Crippen LogP contribution in [0.1, 0.15) is 38.2 Å². The zero-order chi connectivity index (χ0) is 24.9. The zero-order valence-electron chi connectivity index (χ0n) is 20.2. The molecule has 2 fully saturated rings. The number of rotatable bonds is 7. The minimum atomic E-state index is -0.681. The van der Waals surface area contributed by atoms with Gasteiger partial charge in [0.15, 0.2) is 5.69 Å². The standard InChI is InChI=1S/C25H34N6O4/c1-2-30(20(32)17-28-12-14-29(15-13-28)24(34)19-10-6-7-11-19)21-22(26)31(25(35)27-23(21)33)16-18-8-4-3-5-9-18/h3-5,8-9,19H,2,6-7,10-17,26H2,1H3,(H,27,33,35). The summed E-state index contributed by atoms with van der Waals surface area (Å²) in [6.07, 6.45) is 4.20. The molecule has 0 bridgehead atoms. The van der Waals surface area contributed by atoms with Crippen molar-refractivity contribution >= 4 is 23.3 Å². The van der Waals surface area contributed by atoms with Crippen molar-refractivity contribution in [2.24, 2.45) is 5.92 Å². The van der Waals surface area contributed by atoms with Gasteiger partial charge in [-0.3, -0.25) is 28.8 Å². The Kier molecular flexibility index (Phi) is 7.70. The van der Waals surface area contributed by atoms with Crippen molar-refractivity contribution in [3.8, 4) is 0 Å².